The van der Waals surface area contributed by atoms with Gasteiger partial charge in [0.25, 0.3) is 0 Å². The molecule has 4 nitrogen and oxygen atoms in total. The highest BCUT2D eigenvalue weighted by molar-refractivity contribution is 6.37. The molecular formula is C24H26ClNO3. The summed E-state index contributed by atoms with van der Waals surface area (Å²) in [6, 6.07) is 12.5. The van der Waals surface area contributed by atoms with Crippen LogP contribution in [0.3, 0.4) is 0 Å². The lowest BCUT2D eigenvalue weighted by Crippen LogP contribution is -2.32. The number of nitrogens with zero attached hydrogens (tertiary/aromatic N) is 1. The van der Waals surface area contributed by atoms with Crippen molar-refractivity contribution in [1.29, 1.82) is 0 Å². The van der Waals surface area contributed by atoms with Crippen LogP contribution in [0, 0.1) is 5.92 Å². The molecule has 0 aromatic heterocycles. The topological polar surface area (TPSA) is 38.8 Å². The number of carbonyl (C=O) groups is 1. The second-order valence-electron chi connectivity index (χ2n) is 7.76. The lowest BCUT2D eigenvalue weighted by molar-refractivity contribution is 0.103. The molecule has 2 aromatic rings. The zero-order chi connectivity index (χ0) is 20.4. The molecule has 1 fully saturated rings. The van der Waals surface area contributed by atoms with Crippen molar-refractivity contribution in [2.45, 2.75) is 25.8 Å². The first-order chi connectivity index (χ1) is 14.1. The molecule has 0 spiro atoms. The first-order valence-corrected chi connectivity index (χ1v) is 10.4. The van der Waals surface area contributed by atoms with Crippen LogP contribution in [0.15, 0.2) is 48.0 Å². The molecule has 0 amide bonds. The fraction of sp³-hybridized carbons (Fsp3) is 0.375. The van der Waals surface area contributed by atoms with E-state index < -0.39 is 0 Å². The van der Waals surface area contributed by atoms with Gasteiger partial charge >= 0.3 is 0 Å². The van der Waals surface area contributed by atoms with Gasteiger partial charge in [0.05, 0.1) is 19.2 Å². The molecule has 0 radical (unpaired) electrons. The minimum atomic E-state index is 0.0256. The molecule has 2 aromatic carbocycles. The molecule has 4 rings (SSSR count). The summed E-state index contributed by atoms with van der Waals surface area (Å²) in [5.41, 5.74) is 3.68. The lowest BCUT2D eigenvalue weighted by Gasteiger charge is -2.30. The van der Waals surface area contributed by atoms with Crippen LogP contribution in [0.2, 0.25) is 5.02 Å². The Morgan fingerprint density at radius 1 is 1.14 bits per heavy atom. The quantitative estimate of drug-likeness (QED) is 0.653. The molecule has 29 heavy (non-hydrogen) atoms. The molecule has 2 aliphatic rings. The van der Waals surface area contributed by atoms with Crippen LogP contribution in [-0.2, 0) is 13.0 Å². The molecule has 1 aliphatic heterocycles. The van der Waals surface area contributed by atoms with Crippen molar-refractivity contribution in [3.8, 4) is 11.5 Å². The van der Waals surface area contributed by atoms with Gasteiger partial charge in [-0.2, -0.15) is 0 Å². The zero-order valence-corrected chi connectivity index (χ0v) is 17.7. The minimum Gasteiger partial charge on any atom is -0.493 e. The minimum absolute atomic E-state index is 0.0256. The van der Waals surface area contributed by atoms with Gasteiger partial charge in [0.1, 0.15) is 0 Å². The molecule has 1 heterocycles. The number of hydrogen-bond acceptors (Lipinski definition) is 4. The summed E-state index contributed by atoms with van der Waals surface area (Å²) < 4.78 is 10.7. The van der Waals surface area contributed by atoms with Gasteiger partial charge in [0.15, 0.2) is 17.3 Å². The number of rotatable bonds is 5. The molecule has 1 aliphatic carbocycles. The first kappa shape index (κ1) is 20.0. The summed E-state index contributed by atoms with van der Waals surface area (Å²) in [7, 11) is 3.12. The fourth-order valence-electron chi connectivity index (χ4n) is 4.37. The van der Waals surface area contributed by atoms with Crippen LogP contribution in [-0.4, -0.2) is 38.0 Å². The van der Waals surface area contributed by atoms with Crippen molar-refractivity contribution in [2.75, 3.05) is 27.3 Å². The van der Waals surface area contributed by atoms with Gasteiger partial charge in [-0.05, 0) is 49.0 Å². The van der Waals surface area contributed by atoms with Gasteiger partial charge < -0.3 is 9.47 Å². The van der Waals surface area contributed by atoms with E-state index in [0.29, 0.717) is 34.4 Å². The van der Waals surface area contributed by atoms with E-state index in [-0.39, 0.29) is 5.78 Å². The lowest BCUT2D eigenvalue weighted by atomic mass is 9.93. The number of hydrogen-bond donors (Lipinski definition) is 0. The van der Waals surface area contributed by atoms with E-state index in [9.17, 15) is 4.79 Å². The van der Waals surface area contributed by atoms with Crippen molar-refractivity contribution in [3.63, 3.8) is 0 Å². The first-order valence-electron chi connectivity index (χ1n) is 10.1. The Morgan fingerprint density at radius 3 is 2.52 bits per heavy atom. The standard InChI is InChI=1S/C24H26ClNO3/c1-28-20-14-18-13-19(23(27)21(18)22(25)24(20)29-2)12-16-8-10-26(11-9-16)15-17-6-4-3-5-7-17/h3-7,12,14,16H,8-11,13,15H2,1-2H3. The van der Waals surface area contributed by atoms with Gasteiger partial charge in [0.2, 0.25) is 0 Å². The Labute approximate surface area is 177 Å². The summed E-state index contributed by atoms with van der Waals surface area (Å²) in [6.45, 7) is 3.09. The molecule has 152 valence electrons. The number of allylic oxidation sites excluding steroid dienone is 2. The fourth-order valence-corrected chi connectivity index (χ4v) is 4.75. The number of carbonyl (C=O) groups excluding carboxylic acids is 1. The Kier molecular flexibility index (Phi) is 5.93. The molecular weight excluding hydrogens is 386 g/mol. The van der Waals surface area contributed by atoms with E-state index in [4.69, 9.17) is 21.1 Å². The van der Waals surface area contributed by atoms with Gasteiger partial charge in [0, 0.05) is 24.1 Å². The zero-order valence-electron chi connectivity index (χ0n) is 16.9. The number of likely N-dealkylation sites (tertiary alicyclic amines) is 1. The van der Waals surface area contributed by atoms with Crippen LogP contribution in [0.4, 0.5) is 0 Å². The van der Waals surface area contributed by atoms with Crippen LogP contribution >= 0.6 is 11.6 Å². The average molecular weight is 412 g/mol. The van der Waals surface area contributed by atoms with Crippen molar-refractivity contribution < 1.29 is 14.3 Å². The molecule has 0 unspecified atom stereocenters. The Balaban J connectivity index is 1.44. The Morgan fingerprint density at radius 2 is 1.86 bits per heavy atom. The van der Waals surface area contributed by atoms with Gasteiger partial charge in [-0.15, -0.1) is 0 Å². The number of ketones is 1. The van der Waals surface area contributed by atoms with Crippen LogP contribution in [0.1, 0.15) is 34.3 Å². The maximum atomic E-state index is 13.0. The molecule has 0 atom stereocenters. The molecule has 0 N–H and O–H groups in total. The second-order valence-corrected chi connectivity index (χ2v) is 8.14. The van der Waals surface area contributed by atoms with Crippen LogP contribution < -0.4 is 9.47 Å². The monoisotopic (exact) mass is 411 g/mol. The second kappa shape index (κ2) is 8.60. The summed E-state index contributed by atoms with van der Waals surface area (Å²) in [5.74, 6) is 1.45. The maximum absolute atomic E-state index is 13.0. The highest BCUT2D eigenvalue weighted by Gasteiger charge is 2.32. The van der Waals surface area contributed by atoms with E-state index >= 15 is 0 Å². The molecule has 1 saturated heterocycles. The van der Waals surface area contributed by atoms with E-state index in [0.717, 1.165) is 43.6 Å². The van der Waals surface area contributed by atoms with Gasteiger partial charge in [-0.3, -0.25) is 9.69 Å². The number of ether oxygens (including phenoxy) is 2. The molecule has 5 heteroatoms. The third-order valence-electron chi connectivity index (χ3n) is 5.91. The summed E-state index contributed by atoms with van der Waals surface area (Å²) >= 11 is 6.48. The third-order valence-corrected chi connectivity index (χ3v) is 6.27. The number of Topliss-reactive ketones (excluding diaryl/α,β-unsaturated/α-hetero) is 1. The van der Waals surface area contributed by atoms with E-state index in [1.165, 1.54) is 12.7 Å². The van der Waals surface area contributed by atoms with E-state index in [1.807, 2.05) is 6.07 Å². The predicted octanol–water partition coefficient (Wildman–Crippen LogP) is 4.93. The highest BCUT2D eigenvalue weighted by atomic mass is 35.5. The number of fused-ring (bicyclic) bond motifs is 1. The van der Waals surface area contributed by atoms with Crippen LogP contribution in [0.5, 0.6) is 11.5 Å². The van der Waals surface area contributed by atoms with Crippen molar-refractivity contribution in [1.82, 2.24) is 4.90 Å². The highest BCUT2D eigenvalue weighted by Crippen LogP contribution is 2.44. The number of benzene rings is 2. The average Bonchev–Trinajstić information content (AvgIpc) is 3.05. The molecule has 0 bridgehead atoms. The molecule has 0 saturated carbocycles. The normalized spacial score (nSPS) is 18.9. The summed E-state index contributed by atoms with van der Waals surface area (Å²) in [5, 5.41) is 0.355. The third kappa shape index (κ3) is 4.05. The predicted molar refractivity (Wildman–Crippen MR) is 115 cm³/mol. The smallest absolute Gasteiger partial charge is 0.190 e. The number of methoxy groups -OCH3 is 2. The van der Waals surface area contributed by atoms with Crippen LogP contribution in [0.25, 0.3) is 0 Å². The number of halogens is 1. The largest absolute Gasteiger partial charge is 0.493 e. The van der Waals surface area contributed by atoms with Crippen molar-refractivity contribution in [2.24, 2.45) is 5.92 Å². The maximum Gasteiger partial charge on any atom is 0.190 e. The van der Waals surface area contributed by atoms with E-state index in [1.54, 1.807) is 7.11 Å². The van der Waals surface area contributed by atoms with Gasteiger partial charge in [-0.1, -0.05) is 48.0 Å². The SMILES string of the molecule is COc1cc2c(c(Cl)c1OC)C(=O)C(=CC1CCN(Cc3ccccc3)CC1)C2. The Bertz CT molecular complexity index is 931. The Hall–Kier alpha value is -2.30. The van der Waals surface area contributed by atoms with Gasteiger partial charge in [-0.25, -0.2) is 0 Å². The van der Waals surface area contributed by atoms with Crippen molar-refractivity contribution >= 4 is 17.4 Å². The summed E-state index contributed by atoms with van der Waals surface area (Å²) in [6.07, 6.45) is 4.93. The number of piperidine rings is 1. The van der Waals surface area contributed by atoms with E-state index in [2.05, 4.69) is 41.3 Å². The van der Waals surface area contributed by atoms with Crippen molar-refractivity contribution in [3.05, 3.63) is 69.8 Å². The summed E-state index contributed by atoms with van der Waals surface area (Å²) in [4.78, 5) is 15.5.